The molecule has 114 valence electrons. The number of imidazole rings is 1. The summed E-state index contributed by atoms with van der Waals surface area (Å²) in [5.41, 5.74) is 7.41. The first-order valence-electron chi connectivity index (χ1n) is 6.99. The highest BCUT2D eigenvalue weighted by molar-refractivity contribution is 5.84. The molecular formula is C14H20N4O3. The predicted molar refractivity (Wildman–Crippen MR) is 77.7 cm³/mol. The molecule has 0 radical (unpaired) electrons. The molecule has 7 heteroatoms. The summed E-state index contributed by atoms with van der Waals surface area (Å²) in [6.07, 6.45) is 3.61. The molecule has 3 heterocycles. The number of nitrogens with zero attached hydrogens (tertiary/aromatic N) is 3. The number of aromatic nitrogens is 3. The van der Waals surface area contributed by atoms with Gasteiger partial charge in [0.2, 0.25) is 0 Å². The summed E-state index contributed by atoms with van der Waals surface area (Å²) in [5, 5.41) is 0. The van der Waals surface area contributed by atoms with Crippen molar-refractivity contribution < 1.29 is 14.2 Å². The molecule has 0 aliphatic carbocycles. The number of nitrogens with two attached hydrogens (primary N) is 1. The molecule has 1 aliphatic heterocycles. The van der Waals surface area contributed by atoms with Crippen LogP contribution >= 0.6 is 0 Å². The number of nitrogen functional groups attached to an aromatic ring is 1. The van der Waals surface area contributed by atoms with Crippen molar-refractivity contribution >= 4 is 16.9 Å². The van der Waals surface area contributed by atoms with Gasteiger partial charge in [0.15, 0.2) is 12.0 Å². The van der Waals surface area contributed by atoms with Crippen molar-refractivity contribution in [2.45, 2.75) is 37.9 Å². The van der Waals surface area contributed by atoms with Crippen LogP contribution in [-0.4, -0.2) is 47.1 Å². The lowest BCUT2D eigenvalue weighted by molar-refractivity contribution is -0.0515. The van der Waals surface area contributed by atoms with Crippen LogP contribution in [0.4, 0.5) is 5.82 Å². The normalized spacial score (nSPS) is 29.3. The number of hydrogen-bond donors (Lipinski definition) is 1. The second-order valence-electron chi connectivity index (χ2n) is 5.09. The second-order valence-corrected chi connectivity index (χ2v) is 5.09. The van der Waals surface area contributed by atoms with Crippen molar-refractivity contribution in [2.75, 3.05) is 20.0 Å². The Morgan fingerprint density at radius 3 is 2.71 bits per heavy atom. The lowest BCUT2D eigenvalue weighted by atomic mass is 10.1. The molecule has 0 spiro atoms. The zero-order chi connectivity index (χ0) is 15.0. The maximum Gasteiger partial charge on any atom is 0.164 e. The van der Waals surface area contributed by atoms with Gasteiger partial charge < -0.3 is 24.5 Å². The second kappa shape index (κ2) is 5.59. The Kier molecular flexibility index (Phi) is 3.79. The molecule has 1 unspecified atom stereocenters. The Hall–Kier alpha value is -1.70. The van der Waals surface area contributed by atoms with Gasteiger partial charge in [-0.25, -0.2) is 9.97 Å². The third-order valence-electron chi connectivity index (χ3n) is 4.03. The van der Waals surface area contributed by atoms with Gasteiger partial charge in [0.05, 0.1) is 17.9 Å². The van der Waals surface area contributed by atoms with E-state index in [2.05, 4.69) is 16.9 Å². The fourth-order valence-corrected chi connectivity index (χ4v) is 2.98. The quantitative estimate of drug-likeness (QED) is 0.915. The highest BCUT2D eigenvalue weighted by Gasteiger charge is 2.45. The molecule has 0 amide bonds. The van der Waals surface area contributed by atoms with E-state index in [0.717, 1.165) is 11.9 Å². The van der Waals surface area contributed by atoms with E-state index in [1.165, 1.54) is 0 Å². The Morgan fingerprint density at radius 1 is 1.29 bits per heavy atom. The predicted octanol–water partition coefficient (Wildman–Crippen LogP) is 1.35. The van der Waals surface area contributed by atoms with E-state index in [1.807, 2.05) is 10.6 Å². The standard InChI is InChI=1S/C14H20N4O3/c1-4-9-11(19-2)12(20-3)14(21-9)18-7-17-10-8(18)5-6-16-13(10)15/h5-7,9,11-12,14H,4H2,1-3H3,(H2,15,16)/t9-,11?,12+,14-/m1/s1. The topological polar surface area (TPSA) is 84.4 Å². The van der Waals surface area contributed by atoms with E-state index in [9.17, 15) is 0 Å². The lowest BCUT2D eigenvalue weighted by Crippen LogP contribution is -2.34. The van der Waals surface area contributed by atoms with Crippen LogP contribution in [0, 0.1) is 0 Å². The number of ether oxygens (including phenoxy) is 3. The zero-order valence-corrected chi connectivity index (χ0v) is 12.4. The van der Waals surface area contributed by atoms with Gasteiger partial charge in [-0.05, 0) is 12.5 Å². The number of fused-ring (bicyclic) bond motifs is 1. The van der Waals surface area contributed by atoms with Crippen LogP contribution in [0.1, 0.15) is 19.6 Å². The number of anilines is 1. The molecule has 2 aromatic rings. The van der Waals surface area contributed by atoms with Crippen LogP contribution in [-0.2, 0) is 14.2 Å². The summed E-state index contributed by atoms with van der Waals surface area (Å²) in [7, 11) is 3.35. The molecule has 1 aliphatic rings. The molecule has 0 bridgehead atoms. The lowest BCUT2D eigenvalue weighted by Gasteiger charge is -2.22. The van der Waals surface area contributed by atoms with Crippen LogP contribution in [0.5, 0.6) is 0 Å². The molecule has 1 saturated heterocycles. The first-order chi connectivity index (χ1) is 10.2. The minimum absolute atomic E-state index is 0.0124. The summed E-state index contributed by atoms with van der Waals surface area (Å²) in [4.78, 5) is 8.39. The van der Waals surface area contributed by atoms with E-state index < -0.39 is 0 Å². The van der Waals surface area contributed by atoms with E-state index in [1.54, 1.807) is 26.7 Å². The van der Waals surface area contributed by atoms with Gasteiger partial charge in [-0.15, -0.1) is 0 Å². The summed E-state index contributed by atoms with van der Waals surface area (Å²) in [6, 6.07) is 1.87. The average molecular weight is 292 g/mol. The summed E-state index contributed by atoms with van der Waals surface area (Å²) < 4.78 is 19.2. The fraction of sp³-hybridized carbons (Fsp3) is 0.571. The van der Waals surface area contributed by atoms with Crippen molar-refractivity contribution in [3.8, 4) is 0 Å². The Bertz CT molecular complexity index is 630. The van der Waals surface area contributed by atoms with Crippen LogP contribution in [0.3, 0.4) is 0 Å². The van der Waals surface area contributed by atoms with Gasteiger partial charge in [0.1, 0.15) is 17.7 Å². The molecule has 1 fully saturated rings. The monoisotopic (exact) mass is 292 g/mol. The van der Waals surface area contributed by atoms with Gasteiger partial charge in [-0.2, -0.15) is 0 Å². The fourth-order valence-electron chi connectivity index (χ4n) is 2.98. The summed E-state index contributed by atoms with van der Waals surface area (Å²) in [6.45, 7) is 2.07. The molecule has 4 atom stereocenters. The first-order valence-corrected chi connectivity index (χ1v) is 6.99. The van der Waals surface area contributed by atoms with Crippen LogP contribution in [0.25, 0.3) is 11.0 Å². The van der Waals surface area contributed by atoms with Crippen molar-refractivity contribution in [3.63, 3.8) is 0 Å². The summed E-state index contributed by atoms with van der Waals surface area (Å²) >= 11 is 0. The van der Waals surface area contributed by atoms with Gasteiger partial charge in [0.25, 0.3) is 0 Å². The van der Waals surface area contributed by atoms with Crippen LogP contribution < -0.4 is 5.73 Å². The highest BCUT2D eigenvalue weighted by atomic mass is 16.6. The van der Waals surface area contributed by atoms with Gasteiger partial charge in [-0.3, -0.25) is 0 Å². The summed E-state index contributed by atoms with van der Waals surface area (Å²) in [5.74, 6) is 0.411. The molecule has 21 heavy (non-hydrogen) atoms. The average Bonchev–Trinajstić information content (AvgIpc) is 3.07. The van der Waals surface area contributed by atoms with E-state index >= 15 is 0 Å². The SMILES string of the molecule is CC[C@H]1O[C@@H](n2cnc3c(N)nccc32)[C@@H](OC)C1OC. The molecule has 0 saturated carbocycles. The Balaban J connectivity index is 2.03. The van der Waals surface area contributed by atoms with Gasteiger partial charge >= 0.3 is 0 Å². The molecule has 2 N–H and O–H groups in total. The number of rotatable bonds is 4. The van der Waals surface area contributed by atoms with Gasteiger partial charge in [-0.1, -0.05) is 6.92 Å². The maximum atomic E-state index is 6.12. The van der Waals surface area contributed by atoms with E-state index in [4.69, 9.17) is 19.9 Å². The number of pyridine rings is 1. The van der Waals surface area contributed by atoms with Crippen molar-refractivity contribution in [1.29, 1.82) is 0 Å². The third-order valence-corrected chi connectivity index (χ3v) is 4.03. The minimum atomic E-state index is -0.295. The molecule has 3 rings (SSSR count). The van der Waals surface area contributed by atoms with Gasteiger partial charge in [0, 0.05) is 20.4 Å². The maximum absolute atomic E-state index is 6.12. The van der Waals surface area contributed by atoms with Crippen LogP contribution in [0.2, 0.25) is 0 Å². The first kappa shape index (κ1) is 14.2. The zero-order valence-electron chi connectivity index (χ0n) is 12.4. The van der Waals surface area contributed by atoms with Crippen molar-refractivity contribution in [3.05, 3.63) is 18.6 Å². The van der Waals surface area contributed by atoms with E-state index in [0.29, 0.717) is 11.3 Å². The number of hydrogen-bond acceptors (Lipinski definition) is 6. The largest absolute Gasteiger partial charge is 0.382 e. The van der Waals surface area contributed by atoms with Crippen molar-refractivity contribution in [2.24, 2.45) is 0 Å². The molecular weight excluding hydrogens is 272 g/mol. The van der Waals surface area contributed by atoms with Crippen molar-refractivity contribution in [1.82, 2.24) is 14.5 Å². The molecule has 0 aromatic carbocycles. The number of methoxy groups -OCH3 is 2. The highest BCUT2D eigenvalue weighted by Crippen LogP contribution is 2.36. The third kappa shape index (κ3) is 2.17. The molecule has 2 aromatic heterocycles. The van der Waals surface area contributed by atoms with E-state index in [-0.39, 0.29) is 24.5 Å². The Labute approximate surface area is 123 Å². The van der Waals surface area contributed by atoms with Crippen LogP contribution in [0.15, 0.2) is 18.6 Å². The minimum Gasteiger partial charge on any atom is -0.382 e. The molecule has 7 nitrogen and oxygen atoms in total. The Morgan fingerprint density at radius 2 is 2.05 bits per heavy atom. The smallest absolute Gasteiger partial charge is 0.164 e.